The van der Waals surface area contributed by atoms with Gasteiger partial charge in [0.15, 0.2) is 0 Å². The van der Waals surface area contributed by atoms with Crippen molar-refractivity contribution in [2.24, 2.45) is 0 Å². The van der Waals surface area contributed by atoms with Gasteiger partial charge in [-0.2, -0.15) is 0 Å². The van der Waals surface area contributed by atoms with E-state index in [0.717, 1.165) is 13.1 Å². The lowest BCUT2D eigenvalue weighted by molar-refractivity contribution is 0.258. The van der Waals surface area contributed by atoms with Gasteiger partial charge in [-0.05, 0) is 33.9 Å². The van der Waals surface area contributed by atoms with Crippen molar-refractivity contribution >= 4 is 0 Å². The molecule has 2 heteroatoms. The maximum atomic E-state index is 5.47. The topological polar surface area (TPSA) is 15.8 Å². The first-order valence-electron chi connectivity index (χ1n) is 4.45. The molecular weight excluding hydrogens is 138 g/mol. The molecule has 1 aliphatic rings. The molecule has 0 aromatic heterocycles. The molecule has 2 unspecified atom stereocenters. The maximum absolute atomic E-state index is 5.47. The quantitative estimate of drug-likeness (QED) is 0.575. The average Bonchev–Trinajstić information content (AvgIpc) is 2.56. The molecule has 2 atom stereocenters. The molecule has 0 aliphatic carbocycles. The summed E-state index contributed by atoms with van der Waals surface area (Å²) in [7, 11) is 2.15. The van der Waals surface area contributed by atoms with Crippen molar-refractivity contribution in [2.45, 2.75) is 38.9 Å². The lowest BCUT2D eigenvalue weighted by Crippen LogP contribution is -2.23. The number of hydrogen-bond acceptors (Lipinski definition) is 2. The van der Waals surface area contributed by atoms with Crippen LogP contribution in [0.5, 0.6) is 0 Å². The largest absolute Gasteiger partial charge is 0.367 e. The second-order valence-corrected chi connectivity index (χ2v) is 3.72. The Morgan fingerprint density at radius 3 is 2.45 bits per heavy atom. The molecule has 0 saturated carbocycles. The van der Waals surface area contributed by atoms with Gasteiger partial charge in [-0.25, -0.2) is 0 Å². The Labute approximate surface area is 69.5 Å². The third kappa shape index (κ3) is 2.17. The maximum Gasteiger partial charge on any atom is 0.0929 e. The Balaban J connectivity index is 2.13. The highest BCUT2D eigenvalue weighted by Crippen LogP contribution is 2.38. The zero-order valence-electron chi connectivity index (χ0n) is 8.05. The first-order valence-corrected chi connectivity index (χ1v) is 4.45. The minimum absolute atomic E-state index is 0.198. The van der Waals surface area contributed by atoms with E-state index in [4.69, 9.17) is 4.74 Å². The second kappa shape index (κ2) is 3.11. The van der Waals surface area contributed by atoms with Crippen molar-refractivity contribution < 1.29 is 4.74 Å². The molecule has 0 bridgehead atoms. The van der Waals surface area contributed by atoms with Gasteiger partial charge in [0.1, 0.15) is 0 Å². The van der Waals surface area contributed by atoms with Gasteiger partial charge in [0.2, 0.25) is 0 Å². The van der Waals surface area contributed by atoms with Crippen LogP contribution in [0, 0.1) is 0 Å². The molecule has 2 nitrogen and oxygen atoms in total. The molecule has 0 amide bonds. The van der Waals surface area contributed by atoms with Gasteiger partial charge in [-0.15, -0.1) is 0 Å². The van der Waals surface area contributed by atoms with Gasteiger partial charge >= 0.3 is 0 Å². The molecule has 66 valence electrons. The van der Waals surface area contributed by atoms with Gasteiger partial charge in [0.05, 0.1) is 11.7 Å². The van der Waals surface area contributed by atoms with E-state index in [1.165, 1.54) is 6.42 Å². The van der Waals surface area contributed by atoms with Crippen molar-refractivity contribution in [2.75, 3.05) is 20.1 Å². The van der Waals surface area contributed by atoms with Crippen molar-refractivity contribution in [3.8, 4) is 0 Å². The Morgan fingerprint density at radius 2 is 2.09 bits per heavy atom. The third-order valence-corrected chi connectivity index (χ3v) is 2.78. The predicted molar refractivity (Wildman–Crippen MR) is 46.7 cm³/mol. The number of nitrogens with zero attached hydrogens (tertiary/aromatic N) is 1. The number of rotatable bonds is 4. The van der Waals surface area contributed by atoms with Crippen molar-refractivity contribution in [1.82, 2.24) is 4.90 Å². The monoisotopic (exact) mass is 157 g/mol. The minimum atomic E-state index is 0.198. The Hall–Kier alpha value is -0.0800. The smallest absolute Gasteiger partial charge is 0.0929 e. The van der Waals surface area contributed by atoms with Crippen LogP contribution in [-0.2, 0) is 4.74 Å². The molecule has 0 aromatic rings. The number of ether oxygens (including phenoxy) is 1. The van der Waals surface area contributed by atoms with E-state index in [1.54, 1.807) is 0 Å². The molecule has 1 fully saturated rings. The van der Waals surface area contributed by atoms with Gasteiger partial charge in [-0.1, -0.05) is 6.92 Å². The third-order valence-electron chi connectivity index (χ3n) is 2.78. The summed E-state index contributed by atoms with van der Waals surface area (Å²) >= 11 is 0. The van der Waals surface area contributed by atoms with Crippen LogP contribution >= 0.6 is 0 Å². The summed E-state index contributed by atoms with van der Waals surface area (Å²) in [4.78, 5) is 2.32. The zero-order valence-corrected chi connectivity index (χ0v) is 8.05. The minimum Gasteiger partial charge on any atom is -0.367 e. The SMILES string of the molecule is CCN(C)CCC1(C)OC1C. The average molecular weight is 157 g/mol. The van der Waals surface area contributed by atoms with E-state index in [-0.39, 0.29) is 5.60 Å². The fraction of sp³-hybridized carbons (Fsp3) is 1.00. The number of epoxide rings is 1. The Bertz CT molecular complexity index is 138. The summed E-state index contributed by atoms with van der Waals surface area (Å²) in [6.07, 6.45) is 1.64. The number of hydrogen-bond donors (Lipinski definition) is 0. The highest BCUT2D eigenvalue weighted by Gasteiger charge is 2.47. The van der Waals surface area contributed by atoms with Crippen LogP contribution in [0.25, 0.3) is 0 Å². The van der Waals surface area contributed by atoms with Crippen LogP contribution in [0.15, 0.2) is 0 Å². The first kappa shape index (κ1) is 9.01. The summed E-state index contributed by atoms with van der Waals surface area (Å²) in [6.45, 7) is 8.80. The van der Waals surface area contributed by atoms with E-state index in [1.807, 2.05) is 0 Å². The molecule has 0 spiro atoms. The molecule has 0 radical (unpaired) electrons. The van der Waals surface area contributed by atoms with Crippen LogP contribution in [0.2, 0.25) is 0 Å². The van der Waals surface area contributed by atoms with E-state index in [0.29, 0.717) is 6.10 Å². The van der Waals surface area contributed by atoms with Gasteiger partial charge < -0.3 is 9.64 Å². The molecule has 1 heterocycles. The van der Waals surface area contributed by atoms with Gasteiger partial charge in [0.25, 0.3) is 0 Å². The standard InChI is InChI=1S/C9H19NO/c1-5-10(4)7-6-9(3)8(2)11-9/h8H,5-7H2,1-4H3. The summed E-state index contributed by atoms with van der Waals surface area (Å²) in [5, 5.41) is 0. The molecular formula is C9H19NO. The normalized spacial score (nSPS) is 36.3. The van der Waals surface area contributed by atoms with Crippen LogP contribution < -0.4 is 0 Å². The lowest BCUT2D eigenvalue weighted by atomic mass is 10.0. The summed E-state index contributed by atoms with van der Waals surface area (Å²) in [5.74, 6) is 0. The lowest BCUT2D eigenvalue weighted by Gasteiger charge is -2.15. The fourth-order valence-corrected chi connectivity index (χ4v) is 1.20. The summed E-state index contributed by atoms with van der Waals surface area (Å²) in [5.41, 5.74) is 0.198. The fourth-order valence-electron chi connectivity index (χ4n) is 1.20. The second-order valence-electron chi connectivity index (χ2n) is 3.72. The van der Waals surface area contributed by atoms with Gasteiger partial charge in [0, 0.05) is 6.54 Å². The van der Waals surface area contributed by atoms with Crippen LogP contribution in [0.4, 0.5) is 0 Å². The van der Waals surface area contributed by atoms with E-state index < -0.39 is 0 Å². The molecule has 0 N–H and O–H groups in total. The Kier molecular flexibility index (Phi) is 2.55. The molecule has 0 aromatic carbocycles. The van der Waals surface area contributed by atoms with Crippen molar-refractivity contribution in [3.05, 3.63) is 0 Å². The van der Waals surface area contributed by atoms with Crippen LogP contribution in [-0.4, -0.2) is 36.7 Å². The van der Waals surface area contributed by atoms with E-state index >= 15 is 0 Å². The van der Waals surface area contributed by atoms with Crippen LogP contribution in [0.1, 0.15) is 27.2 Å². The Morgan fingerprint density at radius 1 is 1.55 bits per heavy atom. The van der Waals surface area contributed by atoms with Crippen molar-refractivity contribution in [3.63, 3.8) is 0 Å². The van der Waals surface area contributed by atoms with Crippen molar-refractivity contribution in [1.29, 1.82) is 0 Å². The summed E-state index contributed by atoms with van der Waals surface area (Å²) < 4.78 is 5.47. The molecule has 1 rings (SSSR count). The van der Waals surface area contributed by atoms with E-state index in [9.17, 15) is 0 Å². The first-order chi connectivity index (χ1) is 5.08. The van der Waals surface area contributed by atoms with Gasteiger partial charge in [-0.3, -0.25) is 0 Å². The molecule has 11 heavy (non-hydrogen) atoms. The molecule has 1 aliphatic heterocycles. The summed E-state index contributed by atoms with van der Waals surface area (Å²) in [6, 6.07) is 0. The highest BCUT2D eigenvalue weighted by molar-refractivity contribution is 4.96. The molecule has 1 saturated heterocycles. The predicted octanol–water partition coefficient (Wildman–Crippen LogP) is 1.51. The zero-order chi connectivity index (χ0) is 8.48. The highest BCUT2D eigenvalue weighted by atomic mass is 16.6. The van der Waals surface area contributed by atoms with E-state index in [2.05, 4.69) is 32.7 Å². The van der Waals surface area contributed by atoms with Crippen LogP contribution in [0.3, 0.4) is 0 Å².